The Bertz CT molecular complexity index is 761. The Morgan fingerprint density at radius 1 is 1.12 bits per heavy atom. The van der Waals surface area contributed by atoms with Gasteiger partial charge in [-0.2, -0.15) is 5.10 Å². The molecule has 0 unspecified atom stereocenters. The Morgan fingerprint density at radius 2 is 1.88 bits per heavy atom. The van der Waals surface area contributed by atoms with Gasteiger partial charge in [-0.25, -0.2) is 0 Å². The topological polar surface area (TPSA) is 86.0 Å². The molecule has 0 spiro atoms. The van der Waals surface area contributed by atoms with Crippen molar-refractivity contribution in [2.45, 2.75) is 6.61 Å². The molecule has 5 nitrogen and oxygen atoms in total. The van der Waals surface area contributed by atoms with Gasteiger partial charge in [0.15, 0.2) is 0 Å². The molecule has 0 aliphatic heterocycles. The smallest absolute Gasteiger partial charge is 0.211 e. The highest BCUT2D eigenvalue weighted by Crippen LogP contribution is 2.29. The van der Waals surface area contributed by atoms with Gasteiger partial charge in [0.2, 0.25) is 5.96 Å². The van der Waals surface area contributed by atoms with Crippen LogP contribution in [0.4, 0.5) is 0 Å². The van der Waals surface area contributed by atoms with E-state index in [9.17, 15) is 0 Å². The molecule has 0 saturated heterocycles. The maximum atomic E-state index is 6.28. The lowest BCUT2D eigenvalue weighted by Crippen LogP contribution is -2.21. The van der Waals surface area contributed by atoms with E-state index in [0.717, 1.165) is 5.56 Å². The number of guanidine groups is 1. The molecule has 2 rings (SSSR count). The van der Waals surface area contributed by atoms with Crippen LogP contribution < -0.4 is 16.2 Å². The third-order valence-electron chi connectivity index (χ3n) is 2.75. The third-order valence-corrected chi connectivity index (χ3v) is 3.76. The average molecular weight is 408 g/mol. The normalized spacial score (nSPS) is 10.3. The van der Waals surface area contributed by atoms with E-state index >= 15 is 0 Å². The molecule has 0 amide bonds. The Morgan fingerprint density at radius 3 is 2.58 bits per heavy atom. The van der Waals surface area contributed by atoms with Crippen LogP contribution in [0.25, 0.3) is 0 Å². The summed E-state index contributed by atoms with van der Waals surface area (Å²) in [6.07, 6.45) is 1.43. The first-order valence-electron chi connectivity index (χ1n) is 6.44. The number of rotatable bonds is 5. The van der Waals surface area contributed by atoms with Gasteiger partial charge < -0.3 is 16.2 Å². The van der Waals surface area contributed by atoms with Crippen LogP contribution in [0.1, 0.15) is 11.1 Å². The lowest BCUT2D eigenvalue weighted by atomic mass is 10.2. The molecule has 2 aromatic carbocycles. The molecule has 0 bridgehead atoms. The predicted octanol–water partition coefficient (Wildman–Crippen LogP) is 4.25. The monoisotopic (exact) mass is 406 g/mol. The number of nitrogens with zero attached hydrogens (tertiary/aromatic N) is 2. The molecule has 0 aliphatic rings. The van der Waals surface area contributed by atoms with Crippen LogP contribution in [-0.4, -0.2) is 12.2 Å². The van der Waals surface area contributed by atoms with Crippen molar-refractivity contribution in [2.24, 2.45) is 21.7 Å². The maximum Gasteiger partial charge on any atom is 0.211 e. The highest BCUT2D eigenvalue weighted by molar-refractivity contribution is 6.34. The molecule has 128 valence electrons. The summed E-state index contributed by atoms with van der Waals surface area (Å²) in [6, 6.07) is 10.4. The Kier molecular flexibility index (Phi) is 8.15. The fourth-order valence-electron chi connectivity index (χ4n) is 1.71. The minimum Gasteiger partial charge on any atom is -0.487 e. The van der Waals surface area contributed by atoms with Crippen molar-refractivity contribution in [3.63, 3.8) is 0 Å². The predicted molar refractivity (Wildman–Crippen MR) is 103 cm³/mol. The van der Waals surface area contributed by atoms with E-state index in [0.29, 0.717) is 26.4 Å². The van der Waals surface area contributed by atoms with Gasteiger partial charge in [0, 0.05) is 21.2 Å². The van der Waals surface area contributed by atoms with Crippen LogP contribution in [-0.2, 0) is 6.61 Å². The maximum absolute atomic E-state index is 6.28. The number of halogens is 4. The van der Waals surface area contributed by atoms with Crippen molar-refractivity contribution in [1.29, 1.82) is 0 Å². The summed E-state index contributed by atoms with van der Waals surface area (Å²) in [7, 11) is 0. The Balaban J connectivity index is 0.00000288. The fraction of sp³-hybridized carbons (Fsp3) is 0.0667. The first kappa shape index (κ1) is 20.4. The first-order chi connectivity index (χ1) is 11.0. The zero-order chi connectivity index (χ0) is 16.8. The molecule has 24 heavy (non-hydrogen) atoms. The standard InChI is InChI=1S/C15H13Cl3N4O.ClH/c16-11-4-5-12(17)10(6-11)8-23-13-3-1-2-9(14(13)18)7-21-22-15(19)20;/h1-7H,8H2,(H4,19,20,22);1H/b21-7+;. The molecule has 0 heterocycles. The molecule has 0 aromatic heterocycles. The summed E-state index contributed by atoms with van der Waals surface area (Å²) in [6.45, 7) is 0.230. The molecular formula is C15H14Cl4N4O. The van der Waals surface area contributed by atoms with Crippen LogP contribution >= 0.6 is 47.2 Å². The van der Waals surface area contributed by atoms with E-state index in [2.05, 4.69) is 10.2 Å². The molecular weight excluding hydrogens is 394 g/mol. The molecule has 2 aromatic rings. The average Bonchev–Trinajstić information content (AvgIpc) is 2.50. The minimum atomic E-state index is -0.139. The van der Waals surface area contributed by atoms with Gasteiger partial charge in [-0.15, -0.1) is 17.5 Å². The number of nitrogens with two attached hydrogens (primary N) is 2. The van der Waals surface area contributed by atoms with Crippen molar-refractivity contribution in [3.8, 4) is 5.75 Å². The van der Waals surface area contributed by atoms with Crippen molar-refractivity contribution in [1.82, 2.24) is 0 Å². The number of benzene rings is 2. The number of hydrogen-bond acceptors (Lipinski definition) is 3. The molecule has 0 aliphatic carbocycles. The largest absolute Gasteiger partial charge is 0.487 e. The third kappa shape index (κ3) is 5.76. The SMILES string of the molecule is Cl.NC(N)=N/N=C/c1cccc(OCc2cc(Cl)ccc2Cl)c1Cl. The fourth-order valence-corrected chi connectivity index (χ4v) is 2.30. The van der Waals surface area contributed by atoms with Crippen LogP contribution in [0.3, 0.4) is 0 Å². The summed E-state index contributed by atoms with van der Waals surface area (Å²) < 4.78 is 5.70. The summed E-state index contributed by atoms with van der Waals surface area (Å²) in [5, 5.41) is 8.77. The second kappa shape index (κ2) is 9.59. The molecule has 0 saturated carbocycles. The zero-order valence-electron chi connectivity index (χ0n) is 12.2. The van der Waals surface area contributed by atoms with Crippen LogP contribution in [0.2, 0.25) is 15.1 Å². The van der Waals surface area contributed by atoms with E-state index < -0.39 is 0 Å². The van der Waals surface area contributed by atoms with Gasteiger partial charge in [0.05, 0.1) is 11.2 Å². The van der Waals surface area contributed by atoms with E-state index in [1.165, 1.54) is 6.21 Å². The quantitative estimate of drug-likeness (QED) is 0.441. The Hall–Kier alpha value is -1.66. The van der Waals surface area contributed by atoms with E-state index in [4.69, 9.17) is 51.0 Å². The lowest BCUT2D eigenvalue weighted by Gasteiger charge is -2.10. The van der Waals surface area contributed by atoms with Gasteiger partial charge in [-0.1, -0.05) is 46.9 Å². The van der Waals surface area contributed by atoms with E-state index in [1.54, 1.807) is 36.4 Å². The summed E-state index contributed by atoms with van der Waals surface area (Å²) in [4.78, 5) is 0. The van der Waals surface area contributed by atoms with Crippen LogP contribution in [0.15, 0.2) is 46.6 Å². The summed E-state index contributed by atoms with van der Waals surface area (Å²) >= 11 is 18.3. The molecule has 0 fully saturated rings. The summed E-state index contributed by atoms with van der Waals surface area (Å²) in [5.41, 5.74) is 11.8. The molecule has 0 atom stereocenters. The molecule has 9 heteroatoms. The highest BCUT2D eigenvalue weighted by Gasteiger charge is 2.08. The molecule has 0 radical (unpaired) electrons. The highest BCUT2D eigenvalue weighted by atomic mass is 35.5. The second-order valence-corrected chi connectivity index (χ2v) is 5.67. The molecule has 4 N–H and O–H groups in total. The second-order valence-electron chi connectivity index (χ2n) is 4.45. The van der Waals surface area contributed by atoms with Crippen molar-refractivity contribution >= 4 is 59.4 Å². The number of ether oxygens (including phenoxy) is 1. The minimum absolute atomic E-state index is 0. The van der Waals surface area contributed by atoms with Crippen molar-refractivity contribution in [2.75, 3.05) is 0 Å². The summed E-state index contributed by atoms with van der Waals surface area (Å²) in [5.74, 6) is 0.344. The lowest BCUT2D eigenvalue weighted by molar-refractivity contribution is 0.306. The van der Waals surface area contributed by atoms with E-state index in [-0.39, 0.29) is 25.0 Å². The zero-order valence-corrected chi connectivity index (χ0v) is 15.3. The van der Waals surface area contributed by atoms with Crippen molar-refractivity contribution < 1.29 is 4.74 Å². The van der Waals surface area contributed by atoms with Crippen LogP contribution in [0.5, 0.6) is 5.75 Å². The van der Waals surface area contributed by atoms with Gasteiger partial charge in [-0.05, 0) is 24.3 Å². The van der Waals surface area contributed by atoms with Gasteiger partial charge >= 0.3 is 0 Å². The number of hydrogen-bond donors (Lipinski definition) is 2. The van der Waals surface area contributed by atoms with Gasteiger partial charge in [0.25, 0.3) is 0 Å². The van der Waals surface area contributed by atoms with E-state index in [1.807, 2.05) is 0 Å². The first-order valence-corrected chi connectivity index (χ1v) is 7.58. The van der Waals surface area contributed by atoms with Crippen molar-refractivity contribution in [3.05, 3.63) is 62.6 Å². The Labute approximate surface area is 160 Å². The van der Waals surface area contributed by atoms with Gasteiger partial charge in [-0.3, -0.25) is 0 Å². The van der Waals surface area contributed by atoms with Gasteiger partial charge in [0.1, 0.15) is 12.4 Å². The van der Waals surface area contributed by atoms with Crippen LogP contribution in [0, 0.1) is 0 Å².